The van der Waals surface area contributed by atoms with Crippen molar-refractivity contribution in [2.75, 3.05) is 26.2 Å². The number of ether oxygens (including phenoxy) is 1. The van der Waals surface area contributed by atoms with E-state index in [1.54, 1.807) is 11.2 Å². The average Bonchev–Trinajstić information content (AvgIpc) is 3.74. The van der Waals surface area contributed by atoms with Gasteiger partial charge in [-0.05, 0) is 80.2 Å². The molecule has 2 aliphatic carbocycles. The third-order valence-electron chi connectivity index (χ3n) is 8.09. The summed E-state index contributed by atoms with van der Waals surface area (Å²) in [7, 11) is 1.94. The fraction of sp³-hybridized carbons (Fsp3) is 0.438. The van der Waals surface area contributed by atoms with Crippen LogP contribution in [0.3, 0.4) is 0 Å². The Labute approximate surface area is 251 Å². The van der Waals surface area contributed by atoms with Gasteiger partial charge in [0, 0.05) is 50.4 Å². The summed E-state index contributed by atoms with van der Waals surface area (Å²) < 4.78 is 7.58. The second-order valence-electron chi connectivity index (χ2n) is 12.4. The van der Waals surface area contributed by atoms with E-state index in [4.69, 9.17) is 21.3 Å². The molecule has 9 nitrogen and oxygen atoms in total. The number of fused-ring (bicyclic) bond motifs is 2. The van der Waals surface area contributed by atoms with E-state index in [1.165, 1.54) is 0 Å². The topological polar surface area (TPSA) is 92.6 Å². The number of nitrogens with one attached hydrogen (secondary N) is 1. The maximum Gasteiger partial charge on any atom is 0.410 e. The number of imidazole rings is 1. The number of carbonyl (C=O) groups is 2. The van der Waals surface area contributed by atoms with Crippen LogP contribution in [-0.4, -0.2) is 68.1 Å². The molecule has 0 bridgehead atoms. The van der Waals surface area contributed by atoms with E-state index < -0.39 is 11.6 Å². The fourth-order valence-electron chi connectivity index (χ4n) is 5.85. The minimum atomic E-state index is -0.544. The Morgan fingerprint density at radius 2 is 1.88 bits per heavy atom. The lowest BCUT2D eigenvalue weighted by Crippen LogP contribution is -2.51. The van der Waals surface area contributed by atoms with Gasteiger partial charge >= 0.3 is 6.09 Å². The smallest absolute Gasteiger partial charge is 0.410 e. The van der Waals surface area contributed by atoms with Crippen molar-refractivity contribution in [2.24, 2.45) is 13.0 Å². The molecule has 1 saturated carbocycles. The van der Waals surface area contributed by atoms with Crippen LogP contribution >= 0.6 is 11.6 Å². The zero-order chi connectivity index (χ0) is 29.6. The van der Waals surface area contributed by atoms with Gasteiger partial charge in [-0.15, -0.1) is 0 Å². The van der Waals surface area contributed by atoms with E-state index in [9.17, 15) is 9.59 Å². The Hall–Kier alpha value is -3.69. The first kappa shape index (κ1) is 28.4. The highest BCUT2D eigenvalue weighted by Crippen LogP contribution is 2.44. The molecule has 2 fully saturated rings. The maximum atomic E-state index is 13.2. The Morgan fingerprint density at radius 1 is 1.12 bits per heavy atom. The van der Waals surface area contributed by atoms with Gasteiger partial charge in [0.15, 0.2) is 0 Å². The number of halogens is 1. The van der Waals surface area contributed by atoms with Crippen molar-refractivity contribution in [1.82, 2.24) is 29.7 Å². The van der Waals surface area contributed by atoms with Crippen molar-refractivity contribution < 1.29 is 14.3 Å². The monoisotopic (exact) mass is 588 g/mol. The third-order valence-corrected chi connectivity index (χ3v) is 8.32. The number of aryl methyl sites for hydroxylation is 1. The molecule has 10 heteroatoms. The van der Waals surface area contributed by atoms with Gasteiger partial charge in [-0.2, -0.15) is 0 Å². The lowest BCUT2D eigenvalue weighted by molar-refractivity contribution is -0.122. The highest BCUT2D eigenvalue weighted by molar-refractivity contribution is 6.30. The van der Waals surface area contributed by atoms with Gasteiger partial charge in [-0.25, -0.2) is 9.78 Å². The van der Waals surface area contributed by atoms with Crippen molar-refractivity contribution >= 4 is 35.3 Å². The molecule has 2 aromatic heterocycles. The van der Waals surface area contributed by atoms with Crippen molar-refractivity contribution in [3.8, 4) is 0 Å². The van der Waals surface area contributed by atoms with E-state index in [-0.39, 0.29) is 24.0 Å². The summed E-state index contributed by atoms with van der Waals surface area (Å²) in [6.45, 7) is 8.05. The van der Waals surface area contributed by atoms with Gasteiger partial charge in [0.2, 0.25) is 5.91 Å². The van der Waals surface area contributed by atoms with E-state index in [1.807, 2.05) is 63.0 Å². The van der Waals surface area contributed by atoms with Crippen LogP contribution in [0.4, 0.5) is 4.79 Å². The number of benzene rings is 1. The highest BCUT2D eigenvalue weighted by Gasteiger charge is 2.38. The van der Waals surface area contributed by atoms with Gasteiger partial charge in [-0.3, -0.25) is 14.7 Å². The normalized spacial score (nSPS) is 19.7. The van der Waals surface area contributed by atoms with Crippen LogP contribution in [0, 0.1) is 5.92 Å². The quantitative estimate of drug-likeness (QED) is 0.439. The van der Waals surface area contributed by atoms with E-state index in [0.29, 0.717) is 31.2 Å². The highest BCUT2D eigenvalue weighted by atomic mass is 35.5. The predicted octanol–water partition coefficient (Wildman–Crippen LogP) is 5.23. The molecule has 6 rings (SSSR count). The van der Waals surface area contributed by atoms with Crippen molar-refractivity contribution in [3.05, 3.63) is 82.2 Å². The zero-order valence-corrected chi connectivity index (χ0v) is 25.3. The first-order valence-electron chi connectivity index (χ1n) is 14.5. The Balaban J connectivity index is 1.41. The Bertz CT molecular complexity index is 1530. The summed E-state index contributed by atoms with van der Waals surface area (Å²) in [6, 6.07) is 9.39. The van der Waals surface area contributed by atoms with Crippen LogP contribution in [0.2, 0.25) is 5.02 Å². The van der Waals surface area contributed by atoms with E-state index in [0.717, 1.165) is 46.5 Å². The van der Waals surface area contributed by atoms with Crippen molar-refractivity contribution in [1.29, 1.82) is 0 Å². The largest absolute Gasteiger partial charge is 0.444 e. The van der Waals surface area contributed by atoms with Gasteiger partial charge in [0.05, 0.1) is 36.0 Å². The molecule has 220 valence electrons. The molecule has 3 aromatic rings. The molecule has 3 aliphatic rings. The van der Waals surface area contributed by atoms with Crippen LogP contribution in [0.1, 0.15) is 73.8 Å². The molecular formula is C32H37ClN6O3. The minimum Gasteiger partial charge on any atom is -0.444 e. The number of amides is 2. The van der Waals surface area contributed by atoms with Gasteiger partial charge in [0.1, 0.15) is 5.60 Å². The lowest BCUT2D eigenvalue weighted by Gasteiger charge is -2.40. The van der Waals surface area contributed by atoms with E-state index >= 15 is 0 Å². The molecule has 3 heterocycles. The number of aromatic nitrogens is 3. The average molecular weight is 589 g/mol. The molecule has 1 saturated heterocycles. The van der Waals surface area contributed by atoms with Crippen LogP contribution in [0.5, 0.6) is 0 Å². The molecule has 2 amide bonds. The molecule has 0 radical (unpaired) electrons. The molecule has 1 aliphatic heterocycles. The lowest BCUT2D eigenvalue weighted by atomic mass is 9.89. The van der Waals surface area contributed by atoms with Crippen LogP contribution in [0.15, 0.2) is 49.1 Å². The number of nitrogens with zero attached hydrogens (tertiary/aromatic N) is 5. The van der Waals surface area contributed by atoms with Crippen LogP contribution < -0.4 is 5.32 Å². The predicted molar refractivity (Wildman–Crippen MR) is 162 cm³/mol. The molecule has 0 spiro atoms. The molecule has 1 N–H and O–H groups in total. The maximum absolute atomic E-state index is 13.2. The molecule has 2 atom stereocenters. The van der Waals surface area contributed by atoms with E-state index in [2.05, 4.69) is 33.4 Å². The summed E-state index contributed by atoms with van der Waals surface area (Å²) in [4.78, 5) is 39.4. The summed E-state index contributed by atoms with van der Waals surface area (Å²) in [6.07, 6.45) is 9.06. The number of rotatable bonds is 5. The van der Waals surface area contributed by atoms with Gasteiger partial charge < -0.3 is 19.5 Å². The molecular weight excluding hydrogens is 552 g/mol. The summed E-state index contributed by atoms with van der Waals surface area (Å²) in [5, 5.41) is 3.95. The summed E-state index contributed by atoms with van der Waals surface area (Å²) >= 11 is 6.65. The molecule has 42 heavy (non-hydrogen) atoms. The Kier molecular flexibility index (Phi) is 7.57. The number of piperazine rings is 1. The SMILES string of the molecule is Cn1cncc1[C@H](NC(=O)C1CC1)C1=Cc2cccnc2[C@@H](N2CCN(C(=O)OC(C)(C)C)CC2)c2ccc(Cl)cc21. The van der Waals surface area contributed by atoms with Crippen molar-refractivity contribution in [3.63, 3.8) is 0 Å². The van der Waals surface area contributed by atoms with Gasteiger partial charge in [0.25, 0.3) is 0 Å². The number of carbonyl (C=O) groups excluding carboxylic acids is 2. The van der Waals surface area contributed by atoms with Crippen LogP contribution in [0.25, 0.3) is 11.6 Å². The molecule has 1 aromatic carbocycles. The zero-order valence-electron chi connectivity index (χ0n) is 24.5. The standard InChI is InChI=1S/C32H37ClN6O3/c1-32(2,3)42-31(41)39-14-12-38(13-15-39)29-23-10-9-22(33)17-24(23)25(16-21-6-5-11-35-27(21)29)28(26-18-34-19-37(26)4)36-30(40)20-7-8-20/h5-6,9-11,16-20,28-29H,7-8,12-15H2,1-4H3,(H,36,40)/t28-,29+/m1/s1. The third kappa shape index (κ3) is 5.80. The minimum absolute atomic E-state index is 0.0499. The second kappa shape index (κ2) is 11.2. The van der Waals surface area contributed by atoms with Crippen molar-refractivity contribution in [2.45, 2.75) is 51.3 Å². The summed E-state index contributed by atoms with van der Waals surface area (Å²) in [5.74, 6) is 0.102. The number of hydrogen-bond donors (Lipinski definition) is 1. The first-order chi connectivity index (χ1) is 20.1. The Morgan fingerprint density at radius 3 is 2.55 bits per heavy atom. The molecule has 0 unspecified atom stereocenters. The summed E-state index contributed by atoms with van der Waals surface area (Å²) in [5.41, 5.74) is 5.21. The number of hydrogen-bond acceptors (Lipinski definition) is 6. The first-order valence-corrected chi connectivity index (χ1v) is 14.9. The number of pyridine rings is 1. The van der Waals surface area contributed by atoms with Crippen LogP contribution in [-0.2, 0) is 16.6 Å². The fourth-order valence-corrected chi connectivity index (χ4v) is 6.02. The van der Waals surface area contributed by atoms with Gasteiger partial charge in [-0.1, -0.05) is 23.7 Å². The second-order valence-corrected chi connectivity index (χ2v) is 12.8.